The van der Waals surface area contributed by atoms with Gasteiger partial charge in [0.2, 0.25) is 0 Å². The molecule has 9 nitrogen and oxygen atoms in total. The van der Waals surface area contributed by atoms with E-state index in [1.165, 1.54) is 15.9 Å². The van der Waals surface area contributed by atoms with Crippen LogP contribution in [0.4, 0.5) is 0 Å². The molecule has 38 heavy (non-hydrogen) atoms. The summed E-state index contributed by atoms with van der Waals surface area (Å²) in [6, 6.07) is 9.90. The minimum Gasteiger partial charge on any atom is -0.497 e. The highest BCUT2D eigenvalue weighted by molar-refractivity contribution is 7.07. The van der Waals surface area contributed by atoms with Gasteiger partial charge in [0.25, 0.3) is 5.56 Å². The standard InChI is InChI=1S/C28H30N2O7S/c1-7-36-25-19(10-9-11-21(25)35-6)24-23(27(32)37-8-2)16(3)29-28-30(24)26(31)22(38-28)15-17-14-18(33-4)12-13-20(17)34-5/h9-15,24H,7-8H2,1-6H3/b22-15+/t24-/m0/s1. The normalized spacial score (nSPS) is 15.0. The Kier molecular flexibility index (Phi) is 8.21. The molecule has 0 spiro atoms. The van der Waals surface area contributed by atoms with Gasteiger partial charge in [-0.2, -0.15) is 0 Å². The molecule has 0 amide bonds. The van der Waals surface area contributed by atoms with Crippen LogP contribution in [-0.4, -0.2) is 45.1 Å². The number of hydrogen-bond acceptors (Lipinski definition) is 9. The van der Waals surface area contributed by atoms with Crippen molar-refractivity contribution in [3.05, 3.63) is 78.5 Å². The first-order valence-electron chi connectivity index (χ1n) is 12.1. The van der Waals surface area contributed by atoms with Crippen molar-refractivity contribution >= 4 is 23.4 Å². The zero-order valence-electron chi connectivity index (χ0n) is 22.2. The zero-order valence-corrected chi connectivity index (χ0v) is 23.0. The molecule has 10 heteroatoms. The van der Waals surface area contributed by atoms with Gasteiger partial charge in [0.05, 0.1) is 50.3 Å². The average Bonchev–Trinajstić information content (AvgIpc) is 3.22. The summed E-state index contributed by atoms with van der Waals surface area (Å²) in [6.07, 6.45) is 1.74. The van der Waals surface area contributed by atoms with Gasteiger partial charge >= 0.3 is 5.97 Å². The lowest BCUT2D eigenvalue weighted by molar-refractivity contribution is -0.139. The molecule has 2 heterocycles. The summed E-state index contributed by atoms with van der Waals surface area (Å²) in [5.74, 6) is 1.60. The molecule has 1 atom stereocenters. The molecule has 0 bridgehead atoms. The quantitative estimate of drug-likeness (QED) is 0.386. The van der Waals surface area contributed by atoms with Crippen LogP contribution >= 0.6 is 11.3 Å². The van der Waals surface area contributed by atoms with Crippen molar-refractivity contribution in [3.63, 3.8) is 0 Å². The average molecular weight is 539 g/mol. The number of benzene rings is 2. The molecule has 2 aromatic carbocycles. The van der Waals surface area contributed by atoms with E-state index in [1.54, 1.807) is 71.6 Å². The Morgan fingerprint density at radius 2 is 1.82 bits per heavy atom. The van der Waals surface area contributed by atoms with Crippen molar-refractivity contribution in [1.29, 1.82) is 0 Å². The molecule has 0 aliphatic carbocycles. The van der Waals surface area contributed by atoms with E-state index in [0.717, 1.165) is 0 Å². The number of rotatable bonds is 9. The number of carbonyl (C=O) groups excluding carboxylic acids is 1. The Morgan fingerprint density at radius 1 is 1.05 bits per heavy atom. The molecular weight excluding hydrogens is 508 g/mol. The number of thiazole rings is 1. The number of esters is 1. The van der Waals surface area contributed by atoms with Crippen molar-refractivity contribution in [2.24, 2.45) is 4.99 Å². The van der Waals surface area contributed by atoms with E-state index in [1.807, 2.05) is 13.0 Å². The molecule has 1 aromatic heterocycles. The van der Waals surface area contributed by atoms with E-state index in [2.05, 4.69) is 4.99 Å². The summed E-state index contributed by atoms with van der Waals surface area (Å²) in [6.45, 7) is 5.87. The Bertz CT molecular complexity index is 1570. The topological polar surface area (TPSA) is 97.6 Å². The monoisotopic (exact) mass is 538 g/mol. The molecule has 0 saturated heterocycles. The van der Waals surface area contributed by atoms with Crippen LogP contribution in [0.15, 0.2) is 57.5 Å². The fraction of sp³-hybridized carbons (Fsp3) is 0.321. The Balaban J connectivity index is 2.03. The van der Waals surface area contributed by atoms with Crippen LogP contribution in [0, 0.1) is 0 Å². The third-order valence-corrected chi connectivity index (χ3v) is 7.04. The first-order chi connectivity index (χ1) is 18.4. The van der Waals surface area contributed by atoms with Gasteiger partial charge in [0.15, 0.2) is 16.3 Å². The maximum Gasteiger partial charge on any atom is 0.338 e. The lowest BCUT2D eigenvalue weighted by Crippen LogP contribution is -2.40. The molecule has 0 N–H and O–H groups in total. The molecule has 4 rings (SSSR count). The van der Waals surface area contributed by atoms with Gasteiger partial charge in [0.1, 0.15) is 17.5 Å². The molecule has 1 aliphatic heterocycles. The SMILES string of the molecule is CCOC(=O)C1=C(C)N=c2s/c(=C/c3cc(OC)ccc3OC)c(=O)n2[C@H]1c1cccc(OC)c1OCC. The number of aromatic nitrogens is 1. The van der Waals surface area contributed by atoms with Crippen LogP contribution in [-0.2, 0) is 9.53 Å². The van der Waals surface area contributed by atoms with Gasteiger partial charge in [-0.3, -0.25) is 9.36 Å². The number of fused-ring (bicyclic) bond motifs is 1. The van der Waals surface area contributed by atoms with Crippen molar-refractivity contribution in [1.82, 2.24) is 4.57 Å². The van der Waals surface area contributed by atoms with E-state index in [4.69, 9.17) is 23.7 Å². The van der Waals surface area contributed by atoms with Crippen LogP contribution in [0.1, 0.15) is 37.9 Å². The van der Waals surface area contributed by atoms with Gasteiger partial charge in [-0.25, -0.2) is 9.79 Å². The molecule has 200 valence electrons. The summed E-state index contributed by atoms with van der Waals surface area (Å²) in [7, 11) is 4.68. The highest BCUT2D eigenvalue weighted by Gasteiger charge is 2.36. The van der Waals surface area contributed by atoms with E-state index >= 15 is 0 Å². The predicted octanol–water partition coefficient (Wildman–Crippen LogP) is 3.22. The molecule has 0 saturated carbocycles. The van der Waals surface area contributed by atoms with Crippen molar-refractivity contribution < 1.29 is 28.5 Å². The van der Waals surface area contributed by atoms with Crippen LogP contribution in [0.5, 0.6) is 23.0 Å². The van der Waals surface area contributed by atoms with E-state index in [9.17, 15) is 9.59 Å². The second-order valence-electron chi connectivity index (χ2n) is 8.22. The lowest BCUT2D eigenvalue weighted by Gasteiger charge is -2.26. The number of ether oxygens (including phenoxy) is 5. The van der Waals surface area contributed by atoms with Crippen molar-refractivity contribution in [3.8, 4) is 23.0 Å². The molecule has 3 aromatic rings. The van der Waals surface area contributed by atoms with Crippen LogP contribution in [0.25, 0.3) is 6.08 Å². The van der Waals surface area contributed by atoms with Crippen LogP contribution in [0.3, 0.4) is 0 Å². The summed E-state index contributed by atoms with van der Waals surface area (Å²) in [5, 5.41) is 0. The summed E-state index contributed by atoms with van der Waals surface area (Å²) in [5.41, 5.74) is 1.68. The number of hydrogen-bond donors (Lipinski definition) is 0. The molecular formula is C28H30N2O7S. The van der Waals surface area contributed by atoms with Crippen molar-refractivity contribution in [2.45, 2.75) is 26.8 Å². The van der Waals surface area contributed by atoms with Crippen LogP contribution < -0.4 is 33.8 Å². The summed E-state index contributed by atoms with van der Waals surface area (Å²) < 4.78 is 29.7. The lowest BCUT2D eigenvalue weighted by atomic mass is 9.94. The van der Waals surface area contributed by atoms with E-state index in [0.29, 0.717) is 55.8 Å². The number of nitrogens with zero attached hydrogens (tertiary/aromatic N) is 2. The van der Waals surface area contributed by atoms with Gasteiger partial charge in [0, 0.05) is 11.1 Å². The first-order valence-corrected chi connectivity index (χ1v) is 12.9. The maximum atomic E-state index is 14.0. The van der Waals surface area contributed by atoms with Gasteiger partial charge in [-0.05, 0) is 51.1 Å². The number of carbonyl (C=O) groups is 1. The summed E-state index contributed by atoms with van der Waals surface area (Å²) >= 11 is 1.22. The first kappa shape index (κ1) is 27.0. The minimum atomic E-state index is -0.837. The Labute approximate surface area is 224 Å². The Morgan fingerprint density at radius 3 is 2.47 bits per heavy atom. The second kappa shape index (κ2) is 11.6. The molecule has 0 radical (unpaired) electrons. The molecule has 0 fully saturated rings. The van der Waals surface area contributed by atoms with Crippen molar-refractivity contribution in [2.75, 3.05) is 34.5 Å². The smallest absolute Gasteiger partial charge is 0.338 e. The number of allylic oxidation sites excluding steroid dienone is 1. The van der Waals surface area contributed by atoms with Gasteiger partial charge < -0.3 is 23.7 Å². The maximum absolute atomic E-state index is 14.0. The fourth-order valence-corrected chi connectivity index (χ4v) is 5.42. The van der Waals surface area contributed by atoms with E-state index < -0.39 is 12.0 Å². The van der Waals surface area contributed by atoms with Crippen LogP contribution in [0.2, 0.25) is 0 Å². The third-order valence-electron chi connectivity index (χ3n) is 6.05. The third kappa shape index (κ3) is 4.91. The number of methoxy groups -OCH3 is 3. The highest BCUT2D eigenvalue weighted by Crippen LogP contribution is 2.40. The van der Waals surface area contributed by atoms with E-state index in [-0.39, 0.29) is 17.7 Å². The Hall–Kier alpha value is -4.05. The predicted molar refractivity (Wildman–Crippen MR) is 144 cm³/mol. The number of para-hydroxylation sites is 1. The molecule has 1 aliphatic rings. The summed E-state index contributed by atoms with van der Waals surface area (Å²) in [4.78, 5) is 32.3. The molecule has 0 unspecified atom stereocenters. The zero-order chi connectivity index (χ0) is 27.4. The largest absolute Gasteiger partial charge is 0.497 e. The fourth-order valence-electron chi connectivity index (χ4n) is 4.39. The second-order valence-corrected chi connectivity index (χ2v) is 9.23. The highest BCUT2D eigenvalue weighted by atomic mass is 32.1. The van der Waals surface area contributed by atoms with Gasteiger partial charge in [-0.15, -0.1) is 0 Å². The van der Waals surface area contributed by atoms with Gasteiger partial charge in [-0.1, -0.05) is 23.5 Å². The minimum absolute atomic E-state index is 0.179.